The summed E-state index contributed by atoms with van der Waals surface area (Å²) in [6, 6.07) is 0.737. The summed E-state index contributed by atoms with van der Waals surface area (Å²) in [6.07, 6.45) is 1.14. The molecule has 1 aliphatic heterocycles. The predicted molar refractivity (Wildman–Crippen MR) is 84.1 cm³/mol. The highest BCUT2D eigenvalue weighted by molar-refractivity contribution is 5.39. The van der Waals surface area contributed by atoms with Crippen molar-refractivity contribution in [3.63, 3.8) is 0 Å². The van der Waals surface area contributed by atoms with E-state index in [0.29, 0.717) is 23.9 Å². The van der Waals surface area contributed by atoms with Gasteiger partial charge >= 0.3 is 6.01 Å². The summed E-state index contributed by atoms with van der Waals surface area (Å²) in [5, 5.41) is 2.98. The molecule has 2 rings (SSSR count). The van der Waals surface area contributed by atoms with Crippen molar-refractivity contribution in [1.82, 2.24) is 19.9 Å². The molecule has 0 radical (unpaired) electrons. The van der Waals surface area contributed by atoms with Crippen LogP contribution in [0, 0.1) is 0 Å². The zero-order chi connectivity index (χ0) is 15.4. The van der Waals surface area contributed by atoms with Gasteiger partial charge in [-0.25, -0.2) is 0 Å². The molecule has 0 bridgehead atoms. The third kappa shape index (κ3) is 4.17. The van der Waals surface area contributed by atoms with Gasteiger partial charge in [-0.3, -0.25) is 0 Å². The van der Waals surface area contributed by atoms with Crippen molar-refractivity contribution >= 4 is 11.9 Å². The van der Waals surface area contributed by atoms with Crippen LogP contribution in [0.3, 0.4) is 0 Å². The summed E-state index contributed by atoms with van der Waals surface area (Å²) in [5.41, 5.74) is 0. The van der Waals surface area contributed by atoms with E-state index < -0.39 is 0 Å². The summed E-state index contributed by atoms with van der Waals surface area (Å²) >= 11 is 0. The molecule has 1 unspecified atom stereocenters. The lowest BCUT2D eigenvalue weighted by Crippen LogP contribution is -2.39. The highest BCUT2D eigenvalue weighted by atomic mass is 16.5. The smallest absolute Gasteiger partial charge is 0.323 e. The fourth-order valence-electron chi connectivity index (χ4n) is 2.52. The summed E-state index contributed by atoms with van der Waals surface area (Å²) < 4.78 is 5.64. The van der Waals surface area contributed by atoms with Crippen LogP contribution in [0.1, 0.15) is 27.2 Å². The van der Waals surface area contributed by atoms with Crippen molar-refractivity contribution in [1.29, 1.82) is 0 Å². The Morgan fingerprint density at radius 1 is 1.24 bits per heavy atom. The number of likely N-dealkylation sites (N-methyl/N-ethyl adjacent to an activating group) is 1. The lowest BCUT2D eigenvalue weighted by atomic mass is 10.3. The molecule has 21 heavy (non-hydrogen) atoms. The molecular weight excluding hydrogens is 268 g/mol. The maximum Gasteiger partial charge on any atom is 0.323 e. The van der Waals surface area contributed by atoms with Gasteiger partial charge in [0.05, 0.1) is 6.10 Å². The van der Waals surface area contributed by atoms with Gasteiger partial charge < -0.3 is 19.9 Å². The lowest BCUT2D eigenvalue weighted by Gasteiger charge is -2.28. The van der Waals surface area contributed by atoms with Crippen LogP contribution in [0.2, 0.25) is 0 Å². The number of ether oxygens (including phenoxy) is 1. The maximum absolute atomic E-state index is 5.64. The molecule has 118 valence electrons. The first-order chi connectivity index (χ1) is 9.99. The van der Waals surface area contributed by atoms with Crippen LogP contribution in [-0.2, 0) is 0 Å². The number of hydrogen-bond donors (Lipinski definition) is 1. The Balaban J connectivity index is 2.28. The molecule has 1 fully saturated rings. The lowest BCUT2D eigenvalue weighted by molar-refractivity contribution is 0.222. The minimum atomic E-state index is 0.0395. The molecular formula is C14H26N6O. The molecule has 1 aliphatic rings. The standard InChI is InChI=1S/C14H26N6O/c1-10(2)21-14-17-12(15-4)16-13(18-14)20-8-6-7-19(5)9-11(20)3/h10-11H,6-9H2,1-5H3,(H,15,16,17,18). The molecule has 0 amide bonds. The Kier molecular flexibility index (Phi) is 5.17. The summed E-state index contributed by atoms with van der Waals surface area (Å²) in [6.45, 7) is 9.17. The zero-order valence-electron chi connectivity index (χ0n) is 13.6. The highest BCUT2D eigenvalue weighted by Gasteiger charge is 2.23. The maximum atomic E-state index is 5.64. The average molecular weight is 294 g/mol. The second-order valence-corrected chi connectivity index (χ2v) is 5.82. The minimum Gasteiger partial charge on any atom is -0.461 e. The first kappa shape index (κ1) is 15.8. The minimum absolute atomic E-state index is 0.0395. The molecule has 7 nitrogen and oxygen atoms in total. The van der Waals surface area contributed by atoms with E-state index in [9.17, 15) is 0 Å². The molecule has 0 aromatic carbocycles. The van der Waals surface area contributed by atoms with E-state index in [-0.39, 0.29) is 6.10 Å². The number of nitrogens with zero attached hydrogens (tertiary/aromatic N) is 5. The molecule has 0 spiro atoms. The quantitative estimate of drug-likeness (QED) is 0.896. The molecule has 1 atom stereocenters. The van der Waals surface area contributed by atoms with Crippen LogP contribution in [0.4, 0.5) is 11.9 Å². The SMILES string of the molecule is CNc1nc(OC(C)C)nc(N2CCCN(C)CC2C)n1. The number of nitrogens with one attached hydrogen (secondary N) is 1. The first-order valence-corrected chi connectivity index (χ1v) is 7.55. The van der Waals surface area contributed by atoms with E-state index >= 15 is 0 Å². The summed E-state index contributed by atoms with van der Waals surface area (Å²) in [5.74, 6) is 1.23. The molecule has 1 saturated heterocycles. The Hall–Kier alpha value is -1.63. The predicted octanol–water partition coefficient (Wildman–Crippen LogP) is 1.23. The second kappa shape index (κ2) is 6.89. The Morgan fingerprint density at radius 3 is 2.67 bits per heavy atom. The van der Waals surface area contributed by atoms with Crippen molar-refractivity contribution in [2.75, 3.05) is 43.9 Å². The monoisotopic (exact) mass is 294 g/mol. The number of anilines is 2. The van der Waals surface area contributed by atoms with Gasteiger partial charge in [0.25, 0.3) is 0 Å². The van der Waals surface area contributed by atoms with Crippen LogP contribution in [0.5, 0.6) is 6.01 Å². The average Bonchev–Trinajstić information content (AvgIpc) is 2.58. The second-order valence-electron chi connectivity index (χ2n) is 5.82. The van der Waals surface area contributed by atoms with E-state index in [1.54, 1.807) is 7.05 Å². The summed E-state index contributed by atoms with van der Waals surface area (Å²) in [4.78, 5) is 17.8. The van der Waals surface area contributed by atoms with Crippen molar-refractivity contribution in [3.8, 4) is 6.01 Å². The van der Waals surface area contributed by atoms with Crippen LogP contribution in [0.15, 0.2) is 0 Å². The van der Waals surface area contributed by atoms with Gasteiger partial charge in [0.1, 0.15) is 0 Å². The van der Waals surface area contributed by atoms with Crippen LogP contribution in [-0.4, -0.2) is 65.7 Å². The van der Waals surface area contributed by atoms with Gasteiger partial charge in [-0.05, 0) is 40.8 Å². The van der Waals surface area contributed by atoms with Gasteiger partial charge in [0.15, 0.2) is 0 Å². The van der Waals surface area contributed by atoms with Gasteiger partial charge in [-0.15, -0.1) is 0 Å². The van der Waals surface area contributed by atoms with Gasteiger partial charge in [0, 0.05) is 26.2 Å². The molecule has 0 saturated carbocycles. The fourth-order valence-corrected chi connectivity index (χ4v) is 2.52. The third-order valence-electron chi connectivity index (χ3n) is 3.47. The van der Waals surface area contributed by atoms with E-state index in [0.717, 1.165) is 26.1 Å². The highest BCUT2D eigenvalue weighted by Crippen LogP contribution is 2.20. The number of hydrogen-bond acceptors (Lipinski definition) is 7. The molecule has 1 aromatic rings. The van der Waals surface area contributed by atoms with Crippen LogP contribution < -0.4 is 15.0 Å². The Morgan fingerprint density at radius 2 is 2.00 bits per heavy atom. The van der Waals surface area contributed by atoms with Crippen molar-refractivity contribution in [2.24, 2.45) is 0 Å². The summed E-state index contributed by atoms with van der Waals surface area (Å²) in [7, 11) is 3.96. The van der Waals surface area contributed by atoms with Crippen molar-refractivity contribution in [2.45, 2.75) is 39.3 Å². The largest absolute Gasteiger partial charge is 0.461 e. The molecule has 0 aliphatic carbocycles. The molecule has 1 aromatic heterocycles. The van der Waals surface area contributed by atoms with Crippen molar-refractivity contribution < 1.29 is 4.74 Å². The number of aromatic nitrogens is 3. The zero-order valence-corrected chi connectivity index (χ0v) is 13.6. The van der Waals surface area contributed by atoms with Gasteiger partial charge in [-0.1, -0.05) is 0 Å². The van der Waals surface area contributed by atoms with Gasteiger partial charge in [-0.2, -0.15) is 15.0 Å². The van der Waals surface area contributed by atoms with Gasteiger partial charge in [0.2, 0.25) is 11.9 Å². The Labute approximate surface area is 126 Å². The first-order valence-electron chi connectivity index (χ1n) is 7.55. The normalized spacial score (nSPS) is 20.5. The topological polar surface area (TPSA) is 66.4 Å². The van der Waals surface area contributed by atoms with E-state index in [2.05, 4.69) is 44.0 Å². The van der Waals surface area contributed by atoms with Crippen molar-refractivity contribution in [3.05, 3.63) is 0 Å². The van der Waals surface area contributed by atoms with E-state index in [1.165, 1.54) is 0 Å². The number of rotatable bonds is 4. The molecule has 1 N–H and O–H groups in total. The molecule has 2 heterocycles. The van der Waals surface area contributed by atoms with E-state index in [4.69, 9.17) is 4.74 Å². The Bertz CT molecular complexity index is 467. The van der Waals surface area contributed by atoms with E-state index in [1.807, 2.05) is 13.8 Å². The fraction of sp³-hybridized carbons (Fsp3) is 0.786. The molecule has 7 heteroatoms. The van der Waals surface area contributed by atoms with Crippen LogP contribution >= 0.6 is 0 Å². The van der Waals surface area contributed by atoms with Crippen LogP contribution in [0.25, 0.3) is 0 Å². The third-order valence-corrected chi connectivity index (χ3v) is 3.47.